The van der Waals surface area contributed by atoms with Crippen LogP contribution in [-0.2, 0) is 0 Å². The van der Waals surface area contributed by atoms with Crippen LogP contribution in [0.1, 0.15) is 10.4 Å². The number of halogens is 1. The minimum Gasteiger partial charge on any atom is -0.478 e. The molecule has 0 spiro atoms. The number of carbonyl (C=O) groups is 2. The van der Waals surface area contributed by atoms with E-state index in [0.29, 0.717) is 5.00 Å². The van der Waals surface area contributed by atoms with E-state index in [2.05, 4.69) is 20.2 Å². The van der Waals surface area contributed by atoms with Gasteiger partial charge in [0, 0.05) is 11.5 Å². The van der Waals surface area contributed by atoms with E-state index in [4.69, 9.17) is 5.11 Å². The normalized spacial score (nSPS) is 9.95. The maximum Gasteiger partial charge on any atom is 0.337 e. The van der Waals surface area contributed by atoms with Crippen LogP contribution in [0.5, 0.6) is 0 Å². The van der Waals surface area contributed by atoms with Gasteiger partial charge in [-0.1, -0.05) is 4.49 Å². The average molecular weight is 282 g/mol. The van der Waals surface area contributed by atoms with E-state index in [1.54, 1.807) is 0 Å². The number of aromatic carboxylic acids is 1. The van der Waals surface area contributed by atoms with E-state index in [0.717, 1.165) is 23.7 Å². The predicted octanol–water partition coefficient (Wildman–Crippen LogP) is 2.02. The molecular weight excluding hydrogens is 275 g/mol. The third-order valence-corrected chi connectivity index (χ3v) is 2.64. The molecule has 0 saturated heterocycles. The topological polar surface area (TPSA) is 104 Å². The predicted molar refractivity (Wildman–Crippen MR) is 65.9 cm³/mol. The largest absolute Gasteiger partial charge is 0.478 e. The van der Waals surface area contributed by atoms with Crippen LogP contribution in [0.25, 0.3) is 0 Å². The third-order valence-electron chi connectivity index (χ3n) is 2.06. The molecule has 1 aromatic carbocycles. The monoisotopic (exact) mass is 282 g/mol. The second kappa shape index (κ2) is 5.40. The second-order valence-electron chi connectivity index (χ2n) is 3.36. The van der Waals surface area contributed by atoms with Gasteiger partial charge in [-0.05, 0) is 18.2 Å². The van der Waals surface area contributed by atoms with E-state index in [1.165, 1.54) is 12.3 Å². The molecule has 98 valence electrons. The molecule has 0 saturated carbocycles. The van der Waals surface area contributed by atoms with E-state index < -0.39 is 17.8 Å². The standard InChI is InChI=1S/C10H7FN4O3S/c11-5-1-2-7(6(3-5)9(16)17)13-10(18)14-8-4-12-15-19-8/h1-4H,(H,16,17)(H2,13,14,18). The van der Waals surface area contributed by atoms with Crippen LogP contribution in [0.15, 0.2) is 24.4 Å². The lowest BCUT2D eigenvalue weighted by Crippen LogP contribution is -2.20. The molecule has 7 nitrogen and oxygen atoms in total. The van der Waals surface area contributed by atoms with Gasteiger partial charge in [0.05, 0.1) is 17.4 Å². The Labute approximate surface area is 110 Å². The van der Waals surface area contributed by atoms with E-state index in [1.807, 2.05) is 0 Å². The highest BCUT2D eigenvalue weighted by molar-refractivity contribution is 7.10. The van der Waals surface area contributed by atoms with Gasteiger partial charge in [-0.25, -0.2) is 14.0 Å². The van der Waals surface area contributed by atoms with Crippen molar-refractivity contribution in [1.29, 1.82) is 0 Å². The molecule has 2 amide bonds. The zero-order valence-electron chi connectivity index (χ0n) is 9.25. The highest BCUT2D eigenvalue weighted by atomic mass is 32.1. The second-order valence-corrected chi connectivity index (χ2v) is 4.14. The lowest BCUT2D eigenvalue weighted by Gasteiger charge is -2.08. The lowest BCUT2D eigenvalue weighted by molar-refractivity contribution is 0.0697. The summed E-state index contributed by atoms with van der Waals surface area (Å²) in [6.07, 6.45) is 1.34. The molecule has 3 N–H and O–H groups in total. The highest BCUT2D eigenvalue weighted by Gasteiger charge is 2.14. The van der Waals surface area contributed by atoms with Crippen molar-refractivity contribution < 1.29 is 19.1 Å². The van der Waals surface area contributed by atoms with Gasteiger partial charge in [0.15, 0.2) is 0 Å². The first-order valence-electron chi connectivity index (χ1n) is 4.94. The summed E-state index contributed by atoms with van der Waals surface area (Å²) >= 11 is 0.965. The Bertz CT molecular complexity index is 617. The van der Waals surface area contributed by atoms with Crippen molar-refractivity contribution in [2.24, 2.45) is 0 Å². The fourth-order valence-electron chi connectivity index (χ4n) is 1.29. The Morgan fingerprint density at radius 2 is 2.11 bits per heavy atom. The van der Waals surface area contributed by atoms with Crippen LogP contribution < -0.4 is 10.6 Å². The molecule has 0 aliphatic heterocycles. The first-order chi connectivity index (χ1) is 9.06. The van der Waals surface area contributed by atoms with Crippen molar-refractivity contribution in [3.8, 4) is 0 Å². The number of hydrogen-bond donors (Lipinski definition) is 3. The summed E-state index contributed by atoms with van der Waals surface area (Å²) < 4.78 is 16.5. The number of carboxylic acid groups (broad SMARTS) is 1. The van der Waals surface area contributed by atoms with E-state index >= 15 is 0 Å². The van der Waals surface area contributed by atoms with Crippen LogP contribution in [-0.4, -0.2) is 26.7 Å². The quantitative estimate of drug-likeness (QED) is 0.798. The SMILES string of the molecule is O=C(Nc1cnns1)Nc1ccc(F)cc1C(=O)O. The third kappa shape index (κ3) is 3.22. The number of carboxylic acids is 1. The number of hydrogen-bond acceptors (Lipinski definition) is 5. The van der Waals surface area contributed by atoms with Crippen molar-refractivity contribution in [2.45, 2.75) is 0 Å². The summed E-state index contributed by atoms with van der Waals surface area (Å²) in [4.78, 5) is 22.5. The molecule has 2 aromatic rings. The number of urea groups is 1. The van der Waals surface area contributed by atoms with E-state index in [-0.39, 0.29) is 11.3 Å². The first kappa shape index (κ1) is 12.9. The fraction of sp³-hybridized carbons (Fsp3) is 0. The van der Waals surface area contributed by atoms with Crippen LogP contribution in [0, 0.1) is 5.82 Å². The number of benzene rings is 1. The molecule has 2 rings (SSSR count). The van der Waals surface area contributed by atoms with Crippen LogP contribution in [0.2, 0.25) is 0 Å². The van der Waals surface area contributed by atoms with Gasteiger partial charge in [0.2, 0.25) is 0 Å². The van der Waals surface area contributed by atoms with Crippen LogP contribution in [0.3, 0.4) is 0 Å². The summed E-state index contributed by atoms with van der Waals surface area (Å²) in [7, 11) is 0. The summed E-state index contributed by atoms with van der Waals surface area (Å²) in [5.74, 6) is -2.04. The summed E-state index contributed by atoms with van der Waals surface area (Å²) in [6, 6.07) is 2.38. The number of rotatable bonds is 3. The van der Waals surface area contributed by atoms with Gasteiger partial charge in [-0.2, -0.15) is 0 Å². The van der Waals surface area contributed by atoms with Gasteiger partial charge in [0.1, 0.15) is 10.8 Å². The Hall–Kier alpha value is -2.55. The molecule has 0 radical (unpaired) electrons. The van der Waals surface area contributed by atoms with Crippen molar-refractivity contribution >= 4 is 34.2 Å². The molecule has 0 aliphatic rings. The minimum atomic E-state index is -1.34. The number of nitrogens with one attached hydrogen (secondary N) is 2. The van der Waals surface area contributed by atoms with Crippen molar-refractivity contribution in [2.75, 3.05) is 10.6 Å². The summed E-state index contributed by atoms with van der Waals surface area (Å²) in [5.41, 5.74) is -0.346. The van der Waals surface area contributed by atoms with Gasteiger partial charge in [-0.15, -0.1) is 5.10 Å². The maximum absolute atomic E-state index is 12.9. The number of carbonyl (C=O) groups excluding carboxylic acids is 1. The Morgan fingerprint density at radius 3 is 2.74 bits per heavy atom. The van der Waals surface area contributed by atoms with Crippen LogP contribution in [0.4, 0.5) is 19.9 Å². The van der Waals surface area contributed by atoms with Crippen molar-refractivity contribution in [3.63, 3.8) is 0 Å². The molecule has 9 heteroatoms. The lowest BCUT2D eigenvalue weighted by atomic mass is 10.2. The molecule has 0 atom stereocenters. The fourth-order valence-corrected chi connectivity index (χ4v) is 1.70. The number of amides is 2. The zero-order valence-corrected chi connectivity index (χ0v) is 10.1. The number of nitrogens with zero attached hydrogens (tertiary/aromatic N) is 2. The van der Waals surface area contributed by atoms with Gasteiger partial charge < -0.3 is 10.4 Å². The Kier molecular flexibility index (Phi) is 3.66. The van der Waals surface area contributed by atoms with Crippen molar-refractivity contribution in [3.05, 3.63) is 35.8 Å². The number of aromatic nitrogens is 2. The molecule has 19 heavy (non-hydrogen) atoms. The molecular formula is C10H7FN4O3S. The van der Waals surface area contributed by atoms with Gasteiger partial charge >= 0.3 is 12.0 Å². The van der Waals surface area contributed by atoms with Crippen molar-refractivity contribution in [1.82, 2.24) is 9.59 Å². The minimum absolute atomic E-state index is 0.0103. The molecule has 1 aromatic heterocycles. The average Bonchev–Trinajstić information content (AvgIpc) is 2.83. The Balaban J connectivity index is 2.14. The maximum atomic E-state index is 12.9. The molecule has 0 unspecified atom stereocenters. The smallest absolute Gasteiger partial charge is 0.337 e. The van der Waals surface area contributed by atoms with Gasteiger partial charge in [0.25, 0.3) is 0 Å². The molecule has 0 bridgehead atoms. The Morgan fingerprint density at radius 1 is 1.32 bits per heavy atom. The van der Waals surface area contributed by atoms with Gasteiger partial charge in [-0.3, -0.25) is 5.32 Å². The summed E-state index contributed by atoms with van der Waals surface area (Å²) in [5, 5.41) is 17.5. The first-order valence-corrected chi connectivity index (χ1v) is 5.72. The number of anilines is 2. The highest BCUT2D eigenvalue weighted by Crippen LogP contribution is 2.18. The summed E-state index contributed by atoms with van der Waals surface area (Å²) in [6.45, 7) is 0. The van der Waals surface area contributed by atoms with Crippen LogP contribution >= 0.6 is 11.5 Å². The van der Waals surface area contributed by atoms with E-state index in [9.17, 15) is 14.0 Å². The molecule has 1 heterocycles. The zero-order chi connectivity index (χ0) is 13.8. The molecule has 0 aliphatic carbocycles. The molecule has 0 fully saturated rings.